The quantitative estimate of drug-likeness (QED) is 0.767. The third-order valence-electron chi connectivity index (χ3n) is 2.45. The second-order valence-corrected chi connectivity index (χ2v) is 3.64. The van der Waals surface area contributed by atoms with Crippen LogP contribution in [0.1, 0.15) is 43.5 Å². The van der Waals surface area contributed by atoms with Crippen molar-refractivity contribution in [1.82, 2.24) is 0 Å². The van der Waals surface area contributed by atoms with Crippen molar-refractivity contribution in [3.8, 4) is 0 Å². The molecule has 0 saturated heterocycles. The molecule has 0 heterocycles. The fraction of sp³-hybridized carbons (Fsp3) is 0.455. The molecule has 0 spiro atoms. The van der Waals surface area contributed by atoms with E-state index >= 15 is 0 Å². The largest absolute Gasteiger partial charge is 0.412 e. The van der Waals surface area contributed by atoms with Crippen LogP contribution in [0, 0.1) is 0 Å². The Morgan fingerprint density at radius 3 is 2.43 bits per heavy atom. The number of hydrogen-bond donors (Lipinski definition) is 1. The van der Waals surface area contributed by atoms with E-state index in [1.54, 1.807) is 0 Å². The first-order valence-electron chi connectivity index (χ1n) is 4.87. The van der Waals surface area contributed by atoms with Crippen molar-refractivity contribution in [2.45, 2.75) is 32.4 Å². The summed E-state index contributed by atoms with van der Waals surface area (Å²) in [5, 5.41) is 0. The monoisotopic (exact) mass is 206 g/mol. The Morgan fingerprint density at radius 2 is 1.93 bits per heavy atom. The Labute approximate surface area is 89.0 Å². The summed E-state index contributed by atoms with van der Waals surface area (Å²) in [7, 11) is 3.06. The summed E-state index contributed by atoms with van der Waals surface area (Å²) in [5.41, 5.74) is 8.33. The number of nitrogens with two attached hydrogens (primary N) is 1. The van der Waals surface area contributed by atoms with Crippen molar-refractivity contribution in [2.24, 2.45) is 5.73 Å². The van der Waals surface area contributed by atoms with Gasteiger partial charge in [0.2, 0.25) is 10.5 Å². The number of benzene rings is 1. The van der Waals surface area contributed by atoms with Crippen LogP contribution in [0.3, 0.4) is 0 Å². The summed E-state index contributed by atoms with van der Waals surface area (Å²) < 4.78 is 5.12. The van der Waals surface area contributed by atoms with E-state index in [2.05, 4.69) is 29.5 Å². The van der Waals surface area contributed by atoms with Gasteiger partial charge in [-0.05, 0) is 24.5 Å². The molecule has 0 amide bonds. The van der Waals surface area contributed by atoms with Crippen LogP contribution in [0.2, 0.25) is 0 Å². The Kier molecular flexibility index (Phi) is 4.32. The zero-order valence-electron chi connectivity index (χ0n) is 8.66. The zero-order chi connectivity index (χ0) is 10.6. The lowest BCUT2D eigenvalue weighted by Gasteiger charge is -2.18. The summed E-state index contributed by atoms with van der Waals surface area (Å²) in [6.07, 6.45) is 0.964. The van der Waals surface area contributed by atoms with Crippen LogP contribution in [0.25, 0.3) is 0 Å². The summed E-state index contributed by atoms with van der Waals surface area (Å²) >= 11 is 0. The first kappa shape index (κ1) is 11.4. The lowest BCUT2D eigenvalue weighted by Crippen LogP contribution is -2.13. The van der Waals surface area contributed by atoms with Gasteiger partial charge >= 0.3 is 0 Å². The average molecular weight is 206 g/mol. The van der Waals surface area contributed by atoms with E-state index in [1.807, 2.05) is 19.1 Å². The summed E-state index contributed by atoms with van der Waals surface area (Å²) in [6.45, 7) is 4.08. The van der Waals surface area contributed by atoms with Crippen molar-refractivity contribution < 1.29 is 4.43 Å². The minimum absolute atomic E-state index is 0.0282. The van der Waals surface area contributed by atoms with E-state index in [9.17, 15) is 0 Å². The summed E-state index contributed by atoms with van der Waals surface area (Å²) in [6, 6.07) is 8.22. The molecule has 0 aliphatic rings. The predicted molar refractivity (Wildman–Crippen MR) is 58.9 cm³/mol. The van der Waals surface area contributed by atoms with Crippen molar-refractivity contribution >= 4 is 10.5 Å². The molecule has 2 N–H and O–H groups in total. The zero-order valence-corrected chi connectivity index (χ0v) is 9.66. The van der Waals surface area contributed by atoms with Crippen LogP contribution in [0.15, 0.2) is 24.3 Å². The van der Waals surface area contributed by atoms with Gasteiger partial charge in [-0.1, -0.05) is 31.2 Å². The van der Waals surface area contributed by atoms with Crippen molar-refractivity contribution in [1.29, 1.82) is 0 Å². The van der Waals surface area contributed by atoms with Gasteiger partial charge in [-0.15, -0.1) is 0 Å². The first-order chi connectivity index (χ1) is 6.70. The molecule has 0 aliphatic carbocycles. The minimum Gasteiger partial charge on any atom is -0.412 e. The lowest BCUT2D eigenvalue weighted by atomic mass is 9.96. The molecule has 0 saturated carbocycles. The molecule has 0 bridgehead atoms. The third-order valence-corrected chi connectivity index (χ3v) is 2.80. The van der Waals surface area contributed by atoms with Crippen LogP contribution in [0.4, 0.5) is 0 Å². The molecule has 0 aliphatic heterocycles. The average Bonchev–Trinajstić information content (AvgIpc) is 2.27. The van der Waals surface area contributed by atoms with Crippen LogP contribution in [-0.4, -0.2) is 10.5 Å². The van der Waals surface area contributed by atoms with E-state index in [0.717, 1.165) is 12.0 Å². The lowest BCUT2D eigenvalue weighted by molar-refractivity contribution is 0.248. The highest BCUT2D eigenvalue weighted by molar-refractivity contribution is 5.98. The first-order valence-corrected chi connectivity index (χ1v) is 5.28. The van der Waals surface area contributed by atoms with Gasteiger partial charge in [0, 0.05) is 6.04 Å². The normalized spacial score (nSPS) is 15.1. The molecule has 2 unspecified atom stereocenters. The molecule has 2 atom stereocenters. The van der Waals surface area contributed by atoms with Gasteiger partial charge in [0.1, 0.15) is 0 Å². The van der Waals surface area contributed by atoms with Gasteiger partial charge in [-0.25, -0.2) is 0 Å². The third kappa shape index (κ3) is 2.44. The highest BCUT2D eigenvalue weighted by Crippen LogP contribution is 2.25. The maximum absolute atomic E-state index is 6.02. The highest BCUT2D eigenvalue weighted by atomic mass is 28.2. The van der Waals surface area contributed by atoms with Crippen molar-refractivity contribution in [3.63, 3.8) is 0 Å². The molecule has 1 aromatic rings. The second-order valence-electron chi connectivity index (χ2n) is 3.40. The van der Waals surface area contributed by atoms with E-state index in [-0.39, 0.29) is 12.1 Å². The SMILES string of the molecule is CCC(N)c1ccccc1C(C)O[Si]. The van der Waals surface area contributed by atoms with E-state index in [0.29, 0.717) is 0 Å². The fourth-order valence-electron chi connectivity index (χ4n) is 1.50. The second kappa shape index (κ2) is 5.29. The molecule has 2 nitrogen and oxygen atoms in total. The molecule has 1 rings (SSSR count). The molecule has 75 valence electrons. The van der Waals surface area contributed by atoms with Crippen molar-refractivity contribution in [3.05, 3.63) is 35.4 Å². The number of hydrogen-bond acceptors (Lipinski definition) is 2. The van der Waals surface area contributed by atoms with E-state index < -0.39 is 0 Å². The standard InChI is InChI=1S/C11H16NOSi/c1-3-11(12)10-7-5-4-6-9(10)8(2)13-14/h4-8,11H,3,12H2,1-2H3. The summed E-state index contributed by atoms with van der Waals surface area (Å²) in [4.78, 5) is 0. The molecule has 0 aromatic heterocycles. The summed E-state index contributed by atoms with van der Waals surface area (Å²) in [5.74, 6) is 0. The highest BCUT2D eigenvalue weighted by Gasteiger charge is 2.12. The Hall–Kier alpha value is -0.643. The smallest absolute Gasteiger partial charge is 0.247 e. The van der Waals surface area contributed by atoms with Gasteiger partial charge in [0.15, 0.2) is 0 Å². The Morgan fingerprint density at radius 1 is 1.36 bits per heavy atom. The Balaban J connectivity index is 3.02. The van der Waals surface area contributed by atoms with Crippen LogP contribution in [0.5, 0.6) is 0 Å². The molecule has 3 radical (unpaired) electrons. The van der Waals surface area contributed by atoms with Crippen LogP contribution >= 0.6 is 0 Å². The minimum atomic E-state index is 0.0282. The van der Waals surface area contributed by atoms with Gasteiger partial charge < -0.3 is 10.2 Å². The molecule has 1 aromatic carbocycles. The molecular weight excluding hydrogens is 190 g/mol. The van der Waals surface area contributed by atoms with Gasteiger partial charge in [0.05, 0.1) is 6.10 Å². The van der Waals surface area contributed by atoms with Crippen LogP contribution in [-0.2, 0) is 4.43 Å². The molecule has 3 heteroatoms. The predicted octanol–water partition coefficient (Wildman–Crippen LogP) is 2.26. The van der Waals surface area contributed by atoms with Gasteiger partial charge in [-0.3, -0.25) is 0 Å². The molecular formula is C11H16NOSi. The number of rotatable bonds is 4. The molecule has 14 heavy (non-hydrogen) atoms. The fourth-order valence-corrected chi connectivity index (χ4v) is 1.63. The topological polar surface area (TPSA) is 35.2 Å². The van der Waals surface area contributed by atoms with Gasteiger partial charge in [0.25, 0.3) is 0 Å². The van der Waals surface area contributed by atoms with Crippen molar-refractivity contribution in [2.75, 3.05) is 0 Å². The van der Waals surface area contributed by atoms with Gasteiger partial charge in [-0.2, -0.15) is 0 Å². The maximum atomic E-state index is 6.02. The Bertz CT molecular complexity index is 261. The van der Waals surface area contributed by atoms with E-state index in [1.165, 1.54) is 5.56 Å². The van der Waals surface area contributed by atoms with Crippen LogP contribution < -0.4 is 5.73 Å². The molecule has 0 fully saturated rings. The maximum Gasteiger partial charge on any atom is 0.247 e. The van der Waals surface area contributed by atoms with E-state index in [4.69, 9.17) is 10.2 Å².